The molecule has 3 rings (SSSR count). The van der Waals surface area contributed by atoms with Crippen LogP contribution < -0.4 is 5.32 Å². The highest BCUT2D eigenvalue weighted by atomic mass is 79.9. The van der Waals surface area contributed by atoms with Gasteiger partial charge < -0.3 is 10.1 Å². The van der Waals surface area contributed by atoms with Crippen molar-refractivity contribution in [2.75, 3.05) is 11.9 Å². The van der Waals surface area contributed by atoms with Crippen LogP contribution in [0.15, 0.2) is 35.2 Å². The number of aryl methyl sites for hydroxylation is 1. The molecule has 22 heavy (non-hydrogen) atoms. The highest BCUT2D eigenvalue weighted by Gasteiger charge is 2.13. The summed E-state index contributed by atoms with van der Waals surface area (Å²) < 4.78 is 7.84. The molecule has 3 aromatic rings. The average molecular weight is 362 g/mol. The third-order valence-corrected chi connectivity index (χ3v) is 3.82. The summed E-state index contributed by atoms with van der Waals surface area (Å²) in [6, 6.07) is 8.09. The molecule has 0 fully saturated rings. The number of anilines is 2. The largest absolute Gasteiger partial charge is 0.377 e. The lowest BCUT2D eigenvalue weighted by molar-refractivity contribution is 0.134. The van der Waals surface area contributed by atoms with E-state index in [1.165, 1.54) is 6.33 Å². The molecule has 114 valence electrons. The highest BCUT2D eigenvalue weighted by molar-refractivity contribution is 9.10. The van der Waals surface area contributed by atoms with Crippen molar-refractivity contribution in [2.24, 2.45) is 7.05 Å². The monoisotopic (exact) mass is 361 g/mol. The van der Waals surface area contributed by atoms with Crippen molar-refractivity contribution in [3.8, 4) is 0 Å². The normalized spacial score (nSPS) is 11.0. The lowest BCUT2D eigenvalue weighted by Crippen LogP contribution is -1.98. The van der Waals surface area contributed by atoms with E-state index in [-0.39, 0.29) is 0 Å². The lowest BCUT2D eigenvalue weighted by atomic mass is 10.2. The minimum atomic E-state index is 0.628. The summed E-state index contributed by atoms with van der Waals surface area (Å²) in [5.41, 5.74) is 2.87. The smallest absolute Gasteiger partial charge is 0.164 e. The molecule has 0 aliphatic carbocycles. The Bertz CT molecular complexity index is 784. The third kappa shape index (κ3) is 2.95. The van der Waals surface area contributed by atoms with Gasteiger partial charge >= 0.3 is 0 Å². The number of nitrogens with zero attached hydrogens (tertiary/aromatic N) is 4. The topological polar surface area (TPSA) is 64.9 Å². The number of rotatable bonds is 5. The van der Waals surface area contributed by atoms with Gasteiger partial charge in [-0.1, -0.05) is 12.1 Å². The molecule has 0 spiro atoms. The summed E-state index contributed by atoms with van der Waals surface area (Å²) >= 11 is 3.45. The van der Waals surface area contributed by atoms with Crippen molar-refractivity contribution >= 4 is 38.5 Å². The van der Waals surface area contributed by atoms with E-state index in [4.69, 9.17) is 4.74 Å². The standard InChI is InChI=1S/C15H16BrN5O/c1-3-22-8-10-4-6-11(7-5-10)19-14-12-13(16)20-21(2)15(12)18-9-17-14/h4-7,9H,3,8H2,1-2H3,(H,17,18,19). The van der Waals surface area contributed by atoms with Crippen LogP contribution in [0.5, 0.6) is 0 Å². The molecule has 0 saturated heterocycles. The second-order valence-corrected chi connectivity index (χ2v) is 5.55. The van der Waals surface area contributed by atoms with Gasteiger partial charge in [0.2, 0.25) is 0 Å². The number of ether oxygens (including phenoxy) is 1. The molecule has 0 aliphatic rings. The van der Waals surface area contributed by atoms with Crippen molar-refractivity contribution in [3.05, 3.63) is 40.8 Å². The summed E-state index contributed by atoms with van der Waals surface area (Å²) in [5.74, 6) is 0.725. The van der Waals surface area contributed by atoms with Gasteiger partial charge in [-0.2, -0.15) is 5.10 Å². The molecule has 0 amide bonds. The van der Waals surface area contributed by atoms with Crippen molar-refractivity contribution in [1.29, 1.82) is 0 Å². The first-order chi connectivity index (χ1) is 10.7. The number of hydrogen-bond donors (Lipinski definition) is 1. The fraction of sp³-hybridized carbons (Fsp3) is 0.267. The van der Waals surface area contributed by atoms with Crippen LogP contribution in [0, 0.1) is 0 Å². The molecule has 7 heteroatoms. The molecule has 0 atom stereocenters. The van der Waals surface area contributed by atoms with Gasteiger partial charge in [-0.25, -0.2) is 14.6 Å². The van der Waals surface area contributed by atoms with E-state index < -0.39 is 0 Å². The van der Waals surface area contributed by atoms with Crippen LogP contribution >= 0.6 is 15.9 Å². The summed E-state index contributed by atoms with van der Waals surface area (Å²) in [5, 5.41) is 8.49. The van der Waals surface area contributed by atoms with E-state index in [1.807, 2.05) is 38.2 Å². The Hall–Kier alpha value is -1.99. The zero-order valence-corrected chi connectivity index (χ0v) is 14.0. The second kappa shape index (κ2) is 6.41. The molecule has 1 aromatic carbocycles. The van der Waals surface area contributed by atoms with Gasteiger partial charge in [0.05, 0.1) is 12.0 Å². The number of aromatic nitrogens is 4. The zero-order valence-electron chi connectivity index (χ0n) is 12.4. The maximum atomic E-state index is 5.40. The fourth-order valence-electron chi connectivity index (χ4n) is 2.18. The van der Waals surface area contributed by atoms with E-state index in [2.05, 4.69) is 36.3 Å². The first kappa shape index (κ1) is 14.9. The van der Waals surface area contributed by atoms with Gasteiger partial charge in [-0.05, 0) is 40.5 Å². The van der Waals surface area contributed by atoms with E-state index in [0.717, 1.165) is 32.7 Å². The predicted molar refractivity (Wildman–Crippen MR) is 89.1 cm³/mol. The molecule has 2 heterocycles. The Morgan fingerprint density at radius 2 is 2.00 bits per heavy atom. The van der Waals surface area contributed by atoms with E-state index in [0.29, 0.717) is 13.2 Å². The molecular formula is C15H16BrN5O. The van der Waals surface area contributed by atoms with Crippen LogP contribution in [0.2, 0.25) is 0 Å². The van der Waals surface area contributed by atoms with Crippen LogP contribution in [-0.4, -0.2) is 26.4 Å². The Balaban J connectivity index is 1.87. The molecule has 6 nitrogen and oxygen atoms in total. The second-order valence-electron chi connectivity index (χ2n) is 4.79. The minimum absolute atomic E-state index is 0.628. The zero-order chi connectivity index (χ0) is 15.5. The van der Waals surface area contributed by atoms with Crippen LogP contribution in [0.1, 0.15) is 12.5 Å². The van der Waals surface area contributed by atoms with E-state index in [1.54, 1.807) is 4.68 Å². The molecule has 0 unspecified atom stereocenters. The highest BCUT2D eigenvalue weighted by Crippen LogP contribution is 2.28. The number of nitrogens with one attached hydrogen (secondary N) is 1. The van der Waals surface area contributed by atoms with Crippen LogP contribution in [0.3, 0.4) is 0 Å². The van der Waals surface area contributed by atoms with Crippen molar-refractivity contribution in [1.82, 2.24) is 19.7 Å². The first-order valence-corrected chi connectivity index (χ1v) is 7.75. The van der Waals surface area contributed by atoms with Gasteiger partial charge in [0.15, 0.2) is 5.65 Å². The Morgan fingerprint density at radius 3 is 2.73 bits per heavy atom. The van der Waals surface area contributed by atoms with Gasteiger partial charge in [0, 0.05) is 19.3 Å². The van der Waals surface area contributed by atoms with E-state index >= 15 is 0 Å². The molecule has 1 N–H and O–H groups in total. The average Bonchev–Trinajstić information content (AvgIpc) is 2.82. The van der Waals surface area contributed by atoms with Crippen molar-refractivity contribution < 1.29 is 4.74 Å². The number of hydrogen-bond acceptors (Lipinski definition) is 5. The van der Waals surface area contributed by atoms with Gasteiger partial charge in [-0.15, -0.1) is 0 Å². The Morgan fingerprint density at radius 1 is 1.23 bits per heavy atom. The Kier molecular flexibility index (Phi) is 4.35. The van der Waals surface area contributed by atoms with Crippen LogP contribution in [0.4, 0.5) is 11.5 Å². The number of halogens is 1. The molecule has 2 aromatic heterocycles. The maximum absolute atomic E-state index is 5.40. The lowest BCUT2D eigenvalue weighted by Gasteiger charge is -2.08. The van der Waals surface area contributed by atoms with Gasteiger partial charge in [0.25, 0.3) is 0 Å². The summed E-state index contributed by atoms with van der Waals surface area (Å²) in [6.45, 7) is 3.33. The summed E-state index contributed by atoms with van der Waals surface area (Å²) in [4.78, 5) is 8.57. The molecule has 0 aliphatic heterocycles. The molecule has 0 radical (unpaired) electrons. The van der Waals surface area contributed by atoms with Crippen LogP contribution in [-0.2, 0) is 18.4 Å². The minimum Gasteiger partial charge on any atom is -0.377 e. The third-order valence-electron chi connectivity index (χ3n) is 3.27. The fourth-order valence-corrected chi connectivity index (χ4v) is 2.78. The summed E-state index contributed by atoms with van der Waals surface area (Å²) in [7, 11) is 1.85. The van der Waals surface area contributed by atoms with Crippen molar-refractivity contribution in [2.45, 2.75) is 13.5 Å². The van der Waals surface area contributed by atoms with Crippen molar-refractivity contribution in [3.63, 3.8) is 0 Å². The molecule has 0 saturated carbocycles. The predicted octanol–water partition coefficient (Wildman–Crippen LogP) is 3.41. The quantitative estimate of drug-likeness (QED) is 0.754. The number of benzene rings is 1. The van der Waals surface area contributed by atoms with Crippen LogP contribution in [0.25, 0.3) is 11.0 Å². The molecular weight excluding hydrogens is 346 g/mol. The van der Waals surface area contributed by atoms with Gasteiger partial charge in [-0.3, -0.25) is 0 Å². The molecule has 0 bridgehead atoms. The number of fused-ring (bicyclic) bond motifs is 1. The SMILES string of the molecule is CCOCc1ccc(Nc2ncnc3c2c(Br)nn3C)cc1. The maximum Gasteiger partial charge on any atom is 0.164 e. The Labute approximate surface area is 136 Å². The first-order valence-electron chi connectivity index (χ1n) is 6.96. The van der Waals surface area contributed by atoms with E-state index in [9.17, 15) is 0 Å². The van der Waals surface area contributed by atoms with Gasteiger partial charge in [0.1, 0.15) is 16.7 Å². The summed E-state index contributed by atoms with van der Waals surface area (Å²) in [6.07, 6.45) is 1.53.